The van der Waals surface area contributed by atoms with Crippen molar-refractivity contribution in [2.24, 2.45) is 0 Å². The molecule has 0 saturated carbocycles. The van der Waals surface area contributed by atoms with E-state index in [2.05, 4.69) is 24.1 Å². The monoisotopic (exact) mass is 380 g/mol. The summed E-state index contributed by atoms with van der Waals surface area (Å²) in [5.41, 5.74) is 1.88. The smallest absolute Gasteiger partial charge is 0.340 e. The molecule has 0 bridgehead atoms. The van der Waals surface area contributed by atoms with E-state index in [1.54, 1.807) is 0 Å². The number of ether oxygens (including phenoxy) is 1. The SMILES string of the molecule is CC[C@@H](C)c1ccccc1NC(=O)COC(=O)c1cnc(Cl)c(Cl)c1. The molecule has 0 unspecified atom stereocenters. The van der Waals surface area contributed by atoms with Crippen LogP contribution in [0.5, 0.6) is 0 Å². The van der Waals surface area contributed by atoms with E-state index in [1.165, 1.54) is 12.3 Å². The number of nitrogens with one attached hydrogen (secondary N) is 1. The molecule has 25 heavy (non-hydrogen) atoms. The number of carbonyl (C=O) groups excluding carboxylic acids is 2. The van der Waals surface area contributed by atoms with Gasteiger partial charge in [-0.3, -0.25) is 4.79 Å². The van der Waals surface area contributed by atoms with Gasteiger partial charge in [0.05, 0.1) is 10.6 Å². The Morgan fingerprint density at radius 2 is 2.00 bits per heavy atom. The van der Waals surface area contributed by atoms with Gasteiger partial charge in [-0.2, -0.15) is 0 Å². The molecule has 1 aromatic heterocycles. The summed E-state index contributed by atoms with van der Waals surface area (Å²) in [5.74, 6) is -0.810. The van der Waals surface area contributed by atoms with Crippen LogP contribution in [0.2, 0.25) is 10.2 Å². The van der Waals surface area contributed by atoms with Crippen LogP contribution in [0.25, 0.3) is 0 Å². The number of halogens is 2. The van der Waals surface area contributed by atoms with E-state index >= 15 is 0 Å². The lowest BCUT2D eigenvalue weighted by atomic mass is 9.97. The van der Waals surface area contributed by atoms with Crippen LogP contribution in [0.4, 0.5) is 5.69 Å². The molecule has 1 atom stereocenters. The second kappa shape index (κ2) is 8.83. The van der Waals surface area contributed by atoms with Gasteiger partial charge in [0.25, 0.3) is 5.91 Å². The van der Waals surface area contributed by atoms with Crippen molar-refractivity contribution >= 4 is 40.8 Å². The molecule has 1 heterocycles. The van der Waals surface area contributed by atoms with Crippen molar-refractivity contribution in [1.82, 2.24) is 4.98 Å². The zero-order valence-electron chi connectivity index (χ0n) is 13.9. The van der Waals surface area contributed by atoms with Gasteiger partial charge in [0.15, 0.2) is 6.61 Å². The number of hydrogen-bond donors (Lipinski definition) is 1. The Hall–Kier alpha value is -2.11. The quantitative estimate of drug-likeness (QED) is 0.582. The molecule has 0 aliphatic heterocycles. The predicted molar refractivity (Wildman–Crippen MR) is 98.3 cm³/mol. The first-order valence-electron chi connectivity index (χ1n) is 7.79. The second-order valence-electron chi connectivity index (χ2n) is 5.52. The van der Waals surface area contributed by atoms with E-state index in [0.29, 0.717) is 11.6 Å². The number of benzene rings is 1. The second-order valence-corrected chi connectivity index (χ2v) is 6.28. The zero-order valence-corrected chi connectivity index (χ0v) is 15.4. The van der Waals surface area contributed by atoms with Gasteiger partial charge >= 0.3 is 5.97 Å². The minimum Gasteiger partial charge on any atom is -0.452 e. The van der Waals surface area contributed by atoms with Crippen LogP contribution in [-0.4, -0.2) is 23.5 Å². The van der Waals surface area contributed by atoms with E-state index in [4.69, 9.17) is 27.9 Å². The van der Waals surface area contributed by atoms with Crippen molar-refractivity contribution in [3.8, 4) is 0 Å². The maximum atomic E-state index is 12.1. The first-order chi connectivity index (χ1) is 11.9. The number of hydrogen-bond acceptors (Lipinski definition) is 4. The number of para-hydroxylation sites is 1. The molecule has 7 heteroatoms. The number of anilines is 1. The van der Waals surface area contributed by atoms with Crippen molar-refractivity contribution in [2.75, 3.05) is 11.9 Å². The van der Waals surface area contributed by atoms with Gasteiger partial charge in [-0.25, -0.2) is 9.78 Å². The van der Waals surface area contributed by atoms with Crippen molar-refractivity contribution < 1.29 is 14.3 Å². The van der Waals surface area contributed by atoms with Crippen LogP contribution in [0.3, 0.4) is 0 Å². The number of rotatable bonds is 6. The summed E-state index contributed by atoms with van der Waals surface area (Å²) in [7, 11) is 0. The fourth-order valence-electron chi connectivity index (χ4n) is 2.19. The highest BCUT2D eigenvalue weighted by atomic mass is 35.5. The molecule has 2 rings (SSSR count). The summed E-state index contributed by atoms with van der Waals surface area (Å²) in [5, 5.41) is 3.01. The normalized spacial score (nSPS) is 11.7. The fraction of sp³-hybridized carbons (Fsp3) is 0.278. The summed E-state index contributed by atoms with van der Waals surface area (Å²) in [4.78, 5) is 27.8. The van der Waals surface area contributed by atoms with E-state index in [-0.39, 0.29) is 15.7 Å². The molecule has 0 aliphatic rings. The maximum Gasteiger partial charge on any atom is 0.340 e. The summed E-state index contributed by atoms with van der Waals surface area (Å²) in [6.07, 6.45) is 2.19. The molecule has 132 valence electrons. The van der Waals surface area contributed by atoms with Gasteiger partial charge in [-0.15, -0.1) is 0 Å². The largest absolute Gasteiger partial charge is 0.452 e. The van der Waals surface area contributed by atoms with Crippen molar-refractivity contribution in [3.63, 3.8) is 0 Å². The van der Waals surface area contributed by atoms with Crippen molar-refractivity contribution in [1.29, 1.82) is 0 Å². The highest BCUT2D eigenvalue weighted by molar-refractivity contribution is 6.41. The Morgan fingerprint density at radius 3 is 2.68 bits per heavy atom. The molecule has 1 amide bonds. The lowest BCUT2D eigenvalue weighted by molar-refractivity contribution is -0.119. The number of aromatic nitrogens is 1. The van der Waals surface area contributed by atoms with Crippen molar-refractivity contribution in [3.05, 3.63) is 57.8 Å². The van der Waals surface area contributed by atoms with Crippen LogP contribution < -0.4 is 5.32 Å². The molecule has 1 aromatic carbocycles. The van der Waals surface area contributed by atoms with Gasteiger partial charge in [-0.05, 0) is 30.0 Å². The standard InChI is InChI=1S/C18H18Cl2N2O3/c1-3-11(2)13-6-4-5-7-15(13)22-16(23)10-25-18(24)12-8-14(19)17(20)21-9-12/h4-9,11H,3,10H2,1-2H3,(H,22,23)/t11-/m1/s1. The molecule has 0 saturated heterocycles. The van der Waals surface area contributed by atoms with E-state index in [9.17, 15) is 9.59 Å². The van der Waals surface area contributed by atoms with Gasteiger partial charge in [0.1, 0.15) is 5.15 Å². The first-order valence-corrected chi connectivity index (χ1v) is 8.55. The maximum absolute atomic E-state index is 12.1. The molecule has 1 N–H and O–H groups in total. The average Bonchev–Trinajstić information content (AvgIpc) is 2.61. The van der Waals surface area contributed by atoms with Crippen LogP contribution >= 0.6 is 23.2 Å². The highest BCUT2D eigenvalue weighted by Crippen LogP contribution is 2.26. The van der Waals surface area contributed by atoms with Crippen LogP contribution in [0.1, 0.15) is 42.1 Å². The molecule has 0 aliphatic carbocycles. The lowest BCUT2D eigenvalue weighted by Crippen LogP contribution is -2.21. The Morgan fingerprint density at radius 1 is 1.28 bits per heavy atom. The number of esters is 1. The summed E-state index contributed by atoms with van der Waals surface area (Å²) >= 11 is 11.5. The fourth-order valence-corrected chi connectivity index (χ4v) is 2.46. The molecule has 5 nitrogen and oxygen atoms in total. The minimum absolute atomic E-state index is 0.0950. The Labute approximate surface area is 156 Å². The third-order valence-corrected chi connectivity index (χ3v) is 4.43. The Kier molecular flexibility index (Phi) is 6.79. The zero-order chi connectivity index (χ0) is 18.4. The summed E-state index contributed by atoms with van der Waals surface area (Å²) < 4.78 is 4.99. The van der Waals surface area contributed by atoms with Crippen LogP contribution in [0.15, 0.2) is 36.5 Å². The Bertz CT molecular complexity index is 781. The van der Waals surface area contributed by atoms with Crippen LogP contribution in [0, 0.1) is 0 Å². The number of carbonyl (C=O) groups is 2. The Balaban J connectivity index is 1.97. The lowest BCUT2D eigenvalue weighted by Gasteiger charge is -2.15. The van der Waals surface area contributed by atoms with Crippen LogP contribution in [-0.2, 0) is 9.53 Å². The van der Waals surface area contributed by atoms with Gasteiger partial charge in [0, 0.05) is 11.9 Å². The van der Waals surface area contributed by atoms with E-state index in [0.717, 1.165) is 12.0 Å². The first kappa shape index (κ1) is 19.2. The topological polar surface area (TPSA) is 68.3 Å². The highest BCUT2D eigenvalue weighted by Gasteiger charge is 2.14. The number of nitrogens with zero attached hydrogens (tertiary/aromatic N) is 1. The molecule has 2 aromatic rings. The molecular formula is C18H18Cl2N2O3. The summed E-state index contributed by atoms with van der Waals surface area (Å²) in [6.45, 7) is 3.76. The van der Waals surface area contributed by atoms with Crippen molar-refractivity contribution in [2.45, 2.75) is 26.2 Å². The minimum atomic E-state index is -0.698. The van der Waals surface area contributed by atoms with Gasteiger partial charge in [-0.1, -0.05) is 55.2 Å². The van der Waals surface area contributed by atoms with E-state index < -0.39 is 18.5 Å². The van der Waals surface area contributed by atoms with Gasteiger partial charge in [0.2, 0.25) is 0 Å². The molecule has 0 spiro atoms. The molecule has 0 radical (unpaired) electrons. The third-order valence-electron chi connectivity index (χ3n) is 3.74. The van der Waals surface area contributed by atoms with E-state index in [1.807, 2.05) is 24.3 Å². The predicted octanol–water partition coefficient (Wildman–Crippen LogP) is 4.70. The molecule has 0 fully saturated rings. The number of amides is 1. The van der Waals surface area contributed by atoms with Gasteiger partial charge < -0.3 is 10.1 Å². The summed E-state index contributed by atoms with van der Waals surface area (Å²) in [6, 6.07) is 8.90. The molecular weight excluding hydrogens is 363 g/mol. The number of pyridine rings is 1. The third kappa shape index (κ3) is 5.18. The average molecular weight is 381 g/mol.